The highest BCUT2D eigenvalue weighted by atomic mass is 16.5. The number of likely N-dealkylation sites (tertiary alicyclic amines) is 1. The average molecular weight is 633 g/mol. The molecule has 0 radical (unpaired) electrons. The largest absolute Gasteiger partial charge is 0.508 e. The van der Waals surface area contributed by atoms with Crippen LogP contribution in [-0.2, 0) is 9.53 Å². The number of carbonyl (C=O) groups excluding carboxylic acids is 2. The van der Waals surface area contributed by atoms with Gasteiger partial charge in [-0.05, 0) is 86.6 Å². The van der Waals surface area contributed by atoms with Gasteiger partial charge in [-0.15, -0.1) is 0 Å². The van der Waals surface area contributed by atoms with E-state index in [-0.39, 0.29) is 29.0 Å². The molecule has 1 saturated carbocycles. The van der Waals surface area contributed by atoms with Crippen molar-refractivity contribution in [3.05, 3.63) is 65.1 Å². The van der Waals surface area contributed by atoms with Crippen molar-refractivity contribution >= 4 is 28.4 Å². The van der Waals surface area contributed by atoms with E-state index in [1.54, 1.807) is 24.1 Å². The first-order valence-electron chi connectivity index (χ1n) is 17.3. The first-order valence-corrected chi connectivity index (χ1v) is 17.3. The van der Waals surface area contributed by atoms with Crippen molar-refractivity contribution in [2.45, 2.75) is 99.5 Å². The molecule has 2 heterocycles. The van der Waals surface area contributed by atoms with Gasteiger partial charge in [0.25, 0.3) is 5.91 Å². The van der Waals surface area contributed by atoms with Gasteiger partial charge in [0.1, 0.15) is 17.6 Å². The minimum atomic E-state index is -0.364. The van der Waals surface area contributed by atoms with Crippen molar-refractivity contribution in [2.75, 3.05) is 33.3 Å². The van der Waals surface area contributed by atoms with E-state index >= 15 is 0 Å². The predicted octanol–water partition coefficient (Wildman–Crippen LogP) is 7.75. The Bertz CT molecular complexity index is 1460. The van der Waals surface area contributed by atoms with Crippen LogP contribution in [0.5, 0.6) is 5.75 Å². The highest BCUT2D eigenvalue weighted by molar-refractivity contribution is 6.10. The van der Waals surface area contributed by atoms with Crippen molar-refractivity contribution in [1.82, 2.24) is 15.1 Å². The van der Waals surface area contributed by atoms with Crippen molar-refractivity contribution in [1.29, 1.82) is 0 Å². The molecule has 0 spiro atoms. The van der Waals surface area contributed by atoms with Crippen LogP contribution in [0.15, 0.2) is 58.9 Å². The molecule has 2 fully saturated rings. The fraction of sp³-hybridized carbons (Fsp3) is 0.553. The third-order valence-electron chi connectivity index (χ3n) is 9.31. The summed E-state index contributed by atoms with van der Waals surface area (Å²) < 4.78 is 6.11. The van der Waals surface area contributed by atoms with Gasteiger partial charge >= 0.3 is 0 Å². The van der Waals surface area contributed by atoms with Gasteiger partial charge in [0.2, 0.25) is 11.8 Å². The monoisotopic (exact) mass is 632 g/mol. The number of hydrogen-bond donors (Lipinski definition) is 2. The second-order valence-electron chi connectivity index (χ2n) is 12.2. The zero-order chi connectivity index (χ0) is 34.0. The molecule has 1 atom stereocenters. The van der Waals surface area contributed by atoms with Crippen LogP contribution in [-0.4, -0.2) is 71.9 Å². The van der Waals surface area contributed by atoms with Crippen LogP contribution < -0.4 is 5.32 Å². The molecule has 3 aliphatic rings. The summed E-state index contributed by atoms with van der Waals surface area (Å²) in [5, 5.41) is 15.0. The number of ether oxygens (including phenoxy) is 1. The first kappa shape index (κ1) is 36.7. The minimum absolute atomic E-state index is 0.0371. The smallest absolute Gasteiger partial charge is 0.255 e. The molecule has 0 aromatic heterocycles. The number of carbonyl (C=O) groups is 2. The summed E-state index contributed by atoms with van der Waals surface area (Å²) in [6.07, 6.45) is 7.06. The normalized spacial score (nSPS) is 19.0. The molecular formula is C38H56N4O4. The molecule has 1 saturated heterocycles. The summed E-state index contributed by atoms with van der Waals surface area (Å²) in [4.78, 5) is 36.0. The molecule has 2 amide bonds. The van der Waals surface area contributed by atoms with E-state index in [0.29, 0.717) is 43.5 Å². The Labute approximate surface area is 276 Å². The van der Waals surface area contributed by atoms with Crippen molar-refractivity contribution < 1.29 is 19.4 Å². The van der Waals surface area contributed by atoms with E-state index in [1.165, 1.54) is 0 Å². The van der Waals surface area contributed by atoms with Crippen LogP contribution in [0.1, 0.15) is 102 Å². The van der Waals surface area contributed by atoms with Gasteiger partial charge in [-0.1, -0.05) is 65.7 Å². The van der Waals surface area contributed by atoms with Crippen LogP contribution in [0, 0.1) is 12.3 Å². The van der Waals surface area contributed by atoms with E-state index in [0.717, 1.165) is 72.4 Å². The number of phenolic OH excluding ortho intramolecular Hbond substituents is 1. The van der Waals surface area contributed by atoms with Gasteiger partial charge < -0.3 is 25.0 Å². The zero-order valence-corrected chi connectivity index (χ0v) is 29.5. The highest BCUT2D eigenvalue weighted by Crippen LogP contribution is 2.49. The summed E-state index contributed by atoms with van der Waals surface area (Å²) in [6.45, 7) is 20.4. The topological polar surface area (TPSA) is 94.5 Å². The number of amides is 2. The Hall–Kier alpha value is -3.81. The minimum Gasteiger partial charge on any atom is -0.508 e. The number of aromatic hydroxyl groups is 1. The Morgan fingerprint density at radius 3 is 2.46 bits per heavy atom. The third kappa shape index (κ3) is 8.31. The molecule has 2 aromatic carbocycles. The molecule has 0 bridgehead atoms. The molecule has 46 heavy (non-hydrogen) atoms. The highest BCUT2D eigenvalue weighted by Gasteiger charge is 2.42. The number of hydrogen-bond acceptors (Lipinski definition) is 5. The molecule has 8 heteroatoms. The Kier molecular flexibility index (Phi) is 13.3. The summed E-state index contributed by atoms with van der Waals surface area (Å²) in [5.74, 6) is 0.886. The van der Waals surface area contributed by atoms with Crippen LogP contribution in [0.25, 0.3) is 10.8 Å². The number of aryl methyl sites for hydroxylation is 1. The van der Waals surface area contributed by atoms with Crippen LogP contribution in [0.2, 0.25) is 0 Å². The molecule has 1 aliphatic carbocycles. The van der Waals surface area contributed by atoms with Gasteiger partial charge in [0.15, 0.2) is 0 Å². The van der Waals surface area contributed by atoms with Gasteiger partial charge in [-0.3, -0.25) is 9.59 Å². The number of nitrogens with one attached hydrogen (secondary N) is 1. The van der Waals surface area contributed by atoms with Gasteiger partial charge in [-0.2, -0.15) is 4.99 Å². The molecule has 2 aliphatic heterocycles. The van der Waals surface area contributed by atoms with E-state index in [1.807, 2.05) is 59.7 Å². The maximum Gasteiger partial charge on any atom is 0.255 e. The zero-order valence-electron chi connectivity index (χ0n) is 29.5. The number of amidine groups is 1. The lowest BCUT2D eigenvalue weighted by atomic mass is 9.98. The molecule has 252 valence electrons. The van der Waals surface area contributed by atoms with Crippen molar-refractivity contribution in [2.24, 2.45) is 10.4 Å². The second-order valence-corrected chi connectivity index (χ2v) is 12.2. The van der Waals surface area contributed by atoms with E-state index in [2.05, 4.69) is 23.7 Å². The van der Waals surface area contributed by atoms with Gasteiger partial charge in [0.05, 0.1) is 12.2 Å². The maximum atomic E-state index is 14.0. The molecule has 2 N–H and O–H groups in total. The number of benzene rings is 2. The SMILES string of the molecule is C=C(/N=C(\C1=C(C)CN(C(=O)c2cc(O)cc3cccc(C)c23)C1)N1CCCCCC1C(=O)NC)OCC1(CC)CC1.CC.CC. The molecular weight excluding hydrogens is 576 g/mol. The molecule has 2 aromatic rings. The quantitative estimate of drug-likeness (QED) is 0.176. The Balaban J connectivity index is 0.00000139. The van der Waals surface area contributed by atoms with E-state index in [9.17, 15) is 14.7 Å². The fourth-order valence-electron chi connectivity index (χ4n) is 6.38. The van der Waals surface area contributed by atoms with Crippen molar-refractivity contribution in [3.8, 4) is 5.75 Å². The number of nitrogens with zero attached hydrogens (tertiary/aromatic N) is 3. The Morgan fingerprint density at radius 1 is 1.09 bits per heavy atom. The number of phenols is 1. The lowest BCUT2D eigenvalue weighted by Crippen LogP contribution is -2.49. The standard InChI is InChI=1S/C34H44N4O4.2C2H6/c1-6-34(14-15-34)21-42-24(4)36-31(38-16-9-7-8-13-29(38)32(40)35-5)28-20-37(19-23(28)3)33(41)27-18-26(39)17-25-12-10-11-22(2)30(25)27;2*1-2/h10-12,17-18,29,39H,4,6-9,13-16,19-21H2,1-3,5H3,(H,35,40);2*1-2H3/b36-31+;;. The summed E-state index contributed by atoms with van der Waals surface area (Å²) in [6, 6.07) is 8.71. The van der Waals surface area contributed by atoms with Gasteiger partial charge in [0, 0.05) is 37.7 Å². The van der Waals surface area contributed by atoms with E-state index in [4.69, 9.17) is 9.73 Å². The molecule has 1 unspecified atom stereocenters. The van der Waals surface area contributed by atoms with Gasteiger partial charge in [-0.25, -0.2) is 0 Å². The number of rotatable bonds is 8. The lowest BCUT2D eigenvalue weighted by molar-refractivity contribution is -0.124. The van der Waals surface area contributed by atoms with Crippen LogP contribution >= 0.6 is 0 Å². The summed E-state index contributed by atoms with van der Waals surface area (Å²) in [7, 11) is 1.67. The summed E-state index contributed by atoms with van der Waals surface area (Å²) >= 11 is 0. The maximum absolute atomic E-state index is 14.0. The summed E-state index contributed by atoms with van der Waals surface area (Å²) in [5.41, 5.74) is 3.62. The number of likely N-dealkylation sites (N-methyl/N-ethyl adjacent to an activating group) is 1. The van der Waals surface area contributed by atoms with Crippen LogP contribution in [0.4, 0.5) is 0 Å². The second kappa shape index (κ2) is 16.7. The molecule has 5 rings (SSSR count). The lowest BCUT2D eigenvalue weighted by Gasteiger charge is -2.33. The first-order chi connectivity index (χ1) is 22.2. The fourth-order valence-corrected chi connectivity index (χ4v) is 6.38. The average Bonchev–Trinajstić information content (AvgIpc) is 3.82. The van der Waals surface area contributed by atoms with E-state index < -0.39 is 0 Å². The Morgan fingerprint density at radius 2 is 1.80 bits per heavy atom. The predicted molar refractivity (Wildman–Crippen MR) is 189 cm³/mol. The van der Waals surface area contributed by atoms with Crippen LogP contribution in [0.3, 0.4) is 0 Å². The van der Waals surface area contributed by atoms with Crippen molar-refractivity contribution in [3.63, 3.8) is 0 Å². The number of aliphatic imine (C=N–C) groups is 1. The third-order valence-corrected chi connectivity index (χ3v) is 9.31. The molecule has 8 nitrogen and oxygen atoms in total. The number of fused-ring (bicyclic) bond motifs is 1.